The minimum Gasteiger partial charge on any atom is -0.486 e. The number of hydrogen-bond acceptors (Lipinski definition) is 4. The van der Waals surface area contributed by atoms with Crippen LogP contribution in [0.15, 0.2) is 78.9 Å². The van der Waals surface area contributed by atoms with Crippen LogP contribution in [0.25, 0.3) is 0 Å². The average molecular weight is 447 g/mol. The van der Waals surface area contributed by atoms with E-state index in [1.165, 1.54) is 17.7 Å². The summed E-state index contributed by atoms with van der Waals surface area (Å²) in [5.74, 6) is 0.342. The molecule has 0 saturated carbocycles. The molecule has 2 heterocycles. The smallest absolute Gasteiger partial charge is 0.252 e. The van der Waals surface area contributed by atoms with Gasteiger partial charge in [0.15, 0.2) is 0 Å². The van der Waals surface area contributed by atoms with Gasteiger partial charge in [-0.25, -0.2) is 4.39 Å². The number of halogens is 1. The third-order valence-corrected chi connectivity index (χ3v) is 6.48. The van der Waals surface area contributed by atoms with E-state index in [9.17, 15) is 9.18 Å². The molecule has 2 aliphatic rings. The van der Waals surface area contributed by atoms with Crippen LogP contribution < -0.4 is 10.5 Å². The van der Waals surface area contributed by atoms with Crippen molar-refractivity contribution in [2.24, 2.45) is 5.73 Å². The minimum absolute atomic E-state index is 0.0903. The second kappa shape index (κ2) is 9.33. The summed E-state index contributed by atoms with van der Waals surface area (Å²) in [5.41, 5.74) is 9.55. The van der Waals surface area contributed by atoms with Gasteiger partial charge in [0, 0.05) is 19.0 Å². The van der Waals surface area contributed by atoms with Crippen LogP contribution in [0.5, 0.6) is 5.75 Å². The zero-order chi connectivity index (χ0) is 22.8. The largest absolute Gasteiger partial charge is 0.486 e. The lowest BCUT2D eigenvalue weighted by atomic mass is 9.87. The third kappa shape index (κ3) is 4.49. The van der Waals surface area contributed by atoms with E-state index in [4.69, 9.17) is 15.2 Å². The first-order valence-electron chi connectivity index (χ1n) is 11.3. The van der Waals surface area contributed by atoms with Crippen LogP contribution in [0.2, 0.25) is 0 Å². The zero-order valence-corrected chi connectivity index (χ0v) is 18.3. The first kappa shape index (κ1) is 21.6. The van der Waals surface area contributed by atoms with Crippen molar-refractivity contribution in [1.82, 2.24) is 4.90 Å². The van der Waals surface area contributed by atoms with Crippen molar-refractivity contribution in [3.8, 4) is 5.75 Å². The van der Waals surface area contributed by atoms with Crippen LogP contribution in [0, 0.1) is 5.82 Å². The van der Waals surface area contributed by atoms with Crippen LogP contribution in [0.3, 0.4) is 0 Å². The second-order valence-electron chi connectivity index (χ2n) is 8.63. The molecule has 0 unspecified atom stereocenters. The molecule has 170 valence electrons. The molecule has 1 amide bonds. The summed E-state index contributed by atoms with van der Waals surface area (Å²) in [7, 11) is 0. The molecule has 0 spiro atoms. The number of rotatable bonds is 4. The Bertz CT molecular complexity index is 1110. The molecule has 33 heavy (non-hydrogen) atoms. The molecule has 5 rings (SSSR count). The molecule has 5 nitrogen and oxygen atoms in total. The van der Waals surface area contributed by atoms with E-state index in [0.717, 1.165) is 23.3 Å². The lowest BCUT2D eigenvalue weighted by Gasteiger charge is -2.41. The summed E-state index contributed by atoms with van der Waals surface area (Å²) in [6.45, 7) is 0.815. The number of benzene rings is 3. The highest BCUT2D eigenvalue weighted by atomic mass is 19.1. The molecule has 6 heteroatoms. The monoisotopic (exact) mass is 446 g/mol. The van der Waals surface area contributed by atoms with Gasteiger partial charge >= 0.3 is 0 Å². The summed E-state index contributed by atoms with van der Waals surface area (Å²) >= 11 is 0. The second-order valence-corrected chi connectivity index (χ2v) is 8.63. The van der Waals surface area contributed by atoms with E-state index >= 15 is 0 Å². The molecule has 3 aromatic rings. The van der Waals surface area contributed by atoms with E-state index in [1.54, 1.807) is 12.1 Å². The predicted molar refractivity (Wildman–Crippen MR) is 123 cm³/mol. The van der Waals surface area contributed by atoms with Crippen molar-refractivity contribution in [3.05, 3.63) is 101 Å². The fourth-order valence-corrected chi connectivity index (χ4v) is 4.76. The fourth-order valence-electron chi connectivity index (χ4n) is 4.76. The summed E-state index contributed by atoms with van der Waals surface area (Å²) in [6.07, 6.45) is 0.193. The Morgan fingerprint density at radius 3 is 2.48 bits per heavy atom. The van der Waals surface area contributed by atoms with Gasteiger partial charge in [-0.15, -0.1) is 0 Å². The van der Waals surface area contributed by atoms with Gasteiger partial charge < -0.3 is 20.1 Å². The number of ether oxygens (including phenoxy) is 2. The number of amides is 1. The van der Waals surface area contributed by atoms with Gasteiger partial charge in [-0.1, -0.05) is 54.6 Å². The van der Waals surface area contributed by atoms with E-state index in [1.807, 2.05) is 53.4 Å². The fraction of sp³-hybridized carbons (Fsp3) is 0.296. The van der Waals surface area contributed by atoms with Crippen molar-refractivity contribution >= 4 is 5.91 Å². The maximum atomic E-state index is 13.7. The zero-order valence-electron chi connectivity index (χ0n) is 18.3. The Balaban J connectivity index is 1.35. The van der Waals surface area contributed by atoms with Gasteiger partial charge in [0.1, 0.15) is 23.8 Å². The quantitative estimate of drug-likeness (QED) is 0.661. The maximum absolute atomic E-state index is 13.7. The van der Waals surface area contributed by atoms with Gasteiger partial charge in [-0.05, 0) is 47.4 Å². The highest BCUT2D eigenvalue weighted by Crippen LogP contribution is 2.36. The minimum atomic E-state index is -0.635. The number of nitrogens with two attached hydrogens (primary N) is 1. The Kier molecular flexibility index (Phi) is 6.11. The van der Waals surface area contributed by atoms with E-state index in [2.05, 4.69) is 6.07 Å². The Labute approximate surface area is 192 Å². The van der Waals surface area contributed by atoms with Crippen molar-refractivity contribution < 1.29 is 18.7 Å². The van der Waals surface area contributed by atoms with Crippen molar-refractivity contribution in [1.29, 1.82) is 0 Å². The molecular formula is C27H27FN2O3. The van der Waals surface area contributed by atoms with Gasteiger partial charge in [-0.3, -0.25) is 4.79 Å². The number of carbonyl (C=O) groups is 1. The lowest BCUT2D eigenvalue weighted by molar-refractivity contribution is -0.153. The van der Waals surface area contributed by atoms with Crippen LogP contribution >= 0.6 is 0 Å². The molecule has 2 N–H and O–H groups in total. The van der Waals surface area contributed by atoms with Gasteiger partial charge in [0.25, 0.3) is 5.91 Å². The van der Waals surface area contributed by atoms with Crippen LogP contribution in [-0.2, 0) is 16.0 Å². The van der Waals surface area contributed by atoms with Crippen molar-refractivity contribution in [2.75, 3.05) is 13.2 Å². The van der Waals surface area contributed by atoms with Crippen LogP contribution in [0.1, 0.15) is 29.2 Å². The number of carbonyl (C=O) groups excluding carboxylic acids is 1. The van der Waals surface area contributed by atoms with E-state index in [-0.39, 0.29) is 36.5 Å². The van der Waals surface area contributed by atoms with Crippen LogP contribution in [-0.4, -0.2) is 42.2 Å². The molecule has 0 radical (unpaired) electrons. The molecule has 1 saturated heterocycles. The summed E-state index contributed by atoms with van der Waals surface area (Å²) in [5, 5.41) is 0. The van der Waals surface area contributed by atoms with Gasteiger partial charge in [0.05, 0.1) is 12.6 Å². The molecular weight excluding hydrogens is 419 g/mol. The number of fused-ring (bicyclic) bond motifs is 1. The molecule has 0 aliphatic carbocycles. The van der Waals surface area contributed by atoms with Crippen molar-refractivity contribution in [3.63, 3.8) is 0 Å². The normalized spacial score (nSPS) is 24.7. The van der Waals surface area contributed by atoms with Crippen molar-refractivity contribution in [2.45, 2.75) is 37.1 Å². The summed E-state index contributed by atoms with van der Waals surface area (Å²) in [6, 6.07) is 23.4. The SMILES string of the molecule is N[C@H]1C[C@H](C(=O)N2CCc3ccccc3[C@@H]2c2ccc(F)cc2)OC[C@@H]1Oc1ccccc1. The standard InChI is InChI=1S/C27H27FN2O3/c28-20-12-10-19(11-13-20)26-22-9-5-4-6-18(22)14-15-30(26)27(31)24-16-23(29)25(17-32-24)33-21-7-2-1-3-8-21/h1-13,23-26H,14-17,29H2/t23-,24+,25-,26-/m0/s1. The van der Waals surface area contributed by atoms with E-state index < -0.39 is 6.10 Å². The molecule has 2 aliphatic heterocycles. The Morgan fingerprint density at radius 1 is 1.00 bits per heavy atom. The Hall–Kier alpha value is -3.22. The number of para-hydroxylation sites is 1. The summed E-state index contributed by atoms with van der Waals surface area (Å²) in [4.78, 5) is 15.5. The molecule has 0 bridgehead atoms. The summed E-state index contributed by atoms with van der Waals surface area (Å²) < 4.78 is 25.6. The van der Waals surface area contributed by atoms with Gasteiger partial charge in [0.2, 0.25) is 0 Å². The average Bonchev–Trinajstić information content (AvgIpc) is 2.85. The highest BCUT2D eigenvalue weighted by Gasteiger charge is 2.40. The number of hydrogen-bond donors (Lipinski definition) is 1. The molecule has 3 aromatic carbocycles. The van der Waals surface area contributed by atoms with Crippen LogP contribution in [0.4, 0.5) is 4.39 Å². The first-order valence-corrected chi connectivity index (χ1v) is 11.3. The first-order chi connectivity index (χ1) is 16.1. The Morgan fingerprint density at radius 2 is 1.73 bits per heavy atom. The predicted octanol–water partition coefficient (Wildman–Crippen LogP) is 3.86. The molecule has 0 aromatic heterocycles. The lowest BCUT2D eigenvalue weighted by Crippen LogP contribution is -2.55. The maximum Gasteiger partial charge on any atom is 0.252 e. The number of nitrogens with zero attached hydrogens (tertiary/aromatic N) is 1. The van der Waals surface area contributed by atoms with E-state index in [0.29, 0.717) is 13.0 Å². The highest BCUT2D eigenvalue weighted by molar-refractivity contribution is 5.82. The molecule has 4 atom stereocenters. The third-order valence-electron chi connectivity index (χ3n) is 6.48. The topological polar surface area (TPSA) is 64.8 Å². The molecule has 1 fully saturated rings. The van der Waals surface area contributed by atoms with Gasteiger partial charge in [-0.2, -0.15) is 0 Å².